The maximum Gasteiger partial charge on any atom is 0.357 e. The lowest BCUT2D eigenvalue weighted by atomic mass is 10.1. The summed E-state index contributed by atoms with van der Waals surface area (Å²) in [6.45, 7) is 8.58. The van der Waals surface area contributed by atoms with Gasteiger partial charge in [0.2, 0.25) is 0 Å². The number of nitrogens with zero attached hydrogens (tertiary/aromatic N) is 19. The number of allylic oxidation sites excluding steroid dienone is 1. The lowest BCUT2D eigenvalue weighted by Crippen LogP contribution is -2.50. The number of carbonyl (C=O) groups excluding carboxylic acids is 5. The third-order valence-corrected chi connectivity index (χ3v) is 21.0. The van der Waals surface area contributed by atoms with E-state index in [1.807, 2.05) is 49.9 Å². The predicted molar refractivity (Wildman–Crippen MR) is 434 cm³/mol. The van der Waals surface area contributed by atoms with Gasteiger partial charge in [0.05, 0.1) is 61.7 Å². The van der Waals surface area contributed by atoms with Crippen LogP contribution in [0.5, 0.6) is 0 Å². The number of imidazole rings is 1. The number of rotatable bonds is 13. The van der Waals surface area contributed by atoms with Gasteiger partial charge in [0.25, 0.3) is 29.2 Å². The van der Waals surface area contributed by atoms with Gasteiger partial charge < -0.3 is 67.2 Å². The van der Waals surface area contributed by atoms with E-state index < -0.39 is 54.5 Å². The van der Waals surface area contributed by atoms with E-state index in [1.165, 1.54) is 51.9 Å². The summed E-state index contributed by atoms with van der Waals surface area (Å²) in [5.74, 6) is -1.14. The molecule has 596 valence electrons. The first-order valence-corrected chi connectivity index (χ1v) is 37.3. The number of hydrogen-bond donors (Lipinski definition) is 1. The number of pyridine rings is 6. The molecule has 36 heteroatoms. The highest BCUT2D eigenvalue weighted by Crippen LogP contribution is 2.38. The van der Waals surface area contributed by atoms with Crippen LogP contribution in [-0.2, 0) is 37.7 Å². The van der Waals surface area contributed by atoms with Gasteiger partial charge in [-0.1, -0.05) is 78.9 Å². The second-order valence-electron chi connectivity index (χ2n) is 27.5. The predicted octanol–water partition coefficient (Wildman–Crippen LogP) is 6.46. The summed E-state index contributed by atoms with van der Waals surface area (Å²) < 4.78 is 10.6. The molecule has 4 amide bonds. The number of aliphatic imine (C=N–C) groups is 1. The lowest BCUT2D eigenvalue weighted by Gasteiger charge is -2.37. The quantitative estimate of drug-likeness (QED) is 0.0734. The van der Waals surface area contributed by atoms with E-state index in [9.17, 15) is 73.5 Å². The molecule has 4 saturated heterocycles. The molecular formula is C80H80N20O16. The van der Waals surface area contributed by atoms with Crippen LogP contribution in [0.4, 0.5) is 39.8 Å². The monoisotopic (exact) mass is 1580 g/mol. The number of nitro groups is 3. The van der Waals surface area contributed by atoms with Crippen LogP contribution < -0.4 is 41.8 Å². The van der Waals surface area contributed by atoms with Gasteiger partial charge in [-0.25, -0.2) is 9.78 Å². The summed E-state index contributed by atoms with van der Waals surface area (Å²) in [6.07, 6.45) is 11.8. The maximum atomic E-state index is 13.1. The van der Waals surface area contributed by atoms with Crippen LogP contribution in [0.25, 0.3) is 43.6 Å². The minimum atomic E-state index is -0.644. The largest absolute Gasteiger partial charge is 0.462 e. The highest BCUT2D eigenvalue weighted by atomic mass is 16.6. The number of amides is 4. The van der Waals surface area contributed by atoms with Gasteiger partial charge in [-0.15, -0.1) is 0 Å². The number of fused-ring (bicyclic) bond motifs is 4. The minimum absolute atomic E-state index is 0.0425. The fourth-order valence-electron chi connectivity index (χ4n) is 15.1. The second-order valence-corrected chi connectivity index (χ2v) is 27.5. The Morgan fingerprint density at radius 3 is 1.17 bits per heavy atom. The summed E-state index contributed by atoms with van der Waals surface area (Å²) in [7, 11) is 6.25. The molecule has 5 aliphatic heterocycles. The number of H-pyrrole nitrogens is 1. The summed E-state index contributed by atoms with van der Waals surface area (Å²) in [4.78, 5) is 180. The van der Waals surface area contributed by atoms with Crippen molar-refractivity contribution in [2.75, 3.05) is 131 Å². The minimum Gasteiger partial charge on any atom is -0.462 e. The summed E-state index contributed by atoms with van der Waals surface area (Å²) in [5.41, 5.74) is 2.41. The number of esters is 1. The number of anilines is 4. The molecule has 36 nitrogen and oxygen atoms in total. The molecule has 116 heavy (non-hydrogen) atoms. The molecule has 16 rings (SSSR count). The number of aromatic nitrogens is 8. The maximum absolute atomic E-state index is 13.1. The van der Waals surface area contributed by atoms with Crippen LogP contribution in [-0.4, -0.2) is 220 Å². The van der Waals surface area contributed by atoms with Gasteiger partial charge in [-0.05, 0) is 61.5 Å². The molecule has 11 aromatic rings. The highest BCUT2D eigenvalue weighted by molar-refractivity contribution is 6.06. The van der Waals surface area contributed by atoms with Crippen LogP contribution in [0.3, 0.4) is 0 Å². The van der Waals surface area contributed by atoms with Gasteiger partial charge in [0, 0.05) is 191 Å². The zero-order valence-electron chi connectivity index (χ0n) is 63.9. The van der Waals surface area contributed by atoms with Crippen LogP contribution in [0, 0.1) is 30.3 Å². The molecule has 0 radical (unpaired) electrons. The van der Waals surface area contributed by atoms with Crippen LogP contribution in [0.1, 0.15) is 55.0 Å². The highest BCUT2D eigenvalue weighted by Gasteiger charge is 2.37. The normalized spacial score (nSPS) is 14.8. The number of hydrogen-bond acceptors (Lipinski definition) is 24. The van der Waals surface area contributed by atoms with Crippen molar-refractivity contribution in [3.63, 3.8) is 0 Å². The van der Waals surface area contributed by atoms with Crippen molar-refractivity contribution < 1.29 is 43.5 Å². The Morgan fingerprint density at radius 1 is 0.431 bits per heavy atom. The van der Waals surface area contributed by atoms with Crippen LogP contribution in [0.2, 0.25) is 0 Å². The van der Waals surface area contributed by atoms with Crippen LogP contribution in [0.15, 0.2) is 194 Å². The zero-order chi connectivity index (χ0) is 82.2. The fourth-order valence-corrected chi connectivity index (χ4v) is 15.1. The Kier molecular flexibility index (Phi) is 23.7. The molecule has 5 aliphatic rings. The van der Waals surface area contributed by atoms with Crippen LogP contribution >= 0.6 is 0 Å². The van der Waals surface area contributed by atoms with Gasteiger partial charge in [-0.3, -0.25) is 83.7 Å². The Labute approximate surface area is 659 Å². The van der Waals surface area contributed by atoms with Crippen molar-refractivity contribution >= 4 is 119 Å². The topological polar surface area (TPSA) is 405 Å². The first-order chi connectivity index (χ1) is 56.0. The molecule has 1 N–H and O–H groups in total. The lowest BCUT2D eigenvalue weighted by molar-refractivity contribution is -0.385. The smallest absolute Gasteiger partial charge is 0.357 e. The van der Waals surface area contributed by atoms with Crippen molar-refractivity contribution in [3.05, 3.63) is 265 Å². The Hall–Kier alpha value is -14.6. The van der Waals surface area contributed by atoms with Crippen molar-refractivity contribution in [1.82, 2.24) is 57.8 Å². The number of piperazine rings is 4. The van der Waals surface area contributed by atoms with E-state index in [4.69, 9.17) is 4.74 Å². The van der Waals surface area contributed by atoms with Gasteiger partial charge >= 0.3 is 39.7 Å². The number of nitrogens with one attached hydrogen (secondary N) is 1. The van der Waals surface area contributed by atoms with E-state index in [0.29, 0.717) is 189 Å². The number of aryl methyl sites for hydroxylation is 4. The van der Waals surface area contributed by atoms with E-state index in [0.717, 1.165) is 10.9 Å². The molecular weight excluding hydrogens is 1500 g/mol. The molecule has 4 fully saturated rings. The molecule has 7 aromatic heterocycles. The molecule has 4 aromatic carbocycles. The number of benzene rings is 4. The molecule has 0 atom stereocenters. The van der Waals surface area contributed by atoms with Crippen molar-refractivity contribution in [2.24, 2.45) is 33.2 Å². The number of carbonyl (C=O) groups is 5. The Bertz CT molecular complexity index is 5810. The van der Waals surface area contributed by atoms with E-state index in [-0.39, 0.29) is 41.4 Å². The van der Waals surface area contributed by atoms with E-state index in [2.05, 4.69) is 24.9 Å². The number of para-hydroxylation sites is 4. The second kappa shape index (κ2) is 34.6. The average molecular weight is 1580 g/mol. The molecule has 0 unspecified atom stereocenters. The summed E-state index contributed by atoms with van der Waals surface area (Å²) in [5, 5.41) is 37.9. The van der Waals surface area contributed by atoms with Gasteiger partial charge in [0.1, 0.15) is 39.7 Å². The van der Waals surface area contributed by atoms with Crippen molar-refractivity contribution in [3.8, 4) is 0 Å². The summed E-state index contributed by atoms with van der Waals surface area (Å²) >= 11 is 0. The SMILES string of the molecule is CCOC(=O)c1c(N2CCN(C(=O)C3=CCC=N3)CC2)c2ccccc2n(C)c1=O.Cn1c(=O)c([N+](=O)[O-])c(N2CCN(C(=O)c3ccccn3)CC2)c2ccccc21.Cn1c(=O)c([N+](=O)[O-])c(N2CCN(C(=O)c3ccncc3)CC2)c2ccccc21.Cn1c(=O)c([N+](=O)[O-])c(N2CCN(C(=O)c3cnc[nH]3)CC2)c2ccccc21. The molecule has 0 aliphatic carbocycles. The van der Waals surface area contributed by atoms with Gasteiger partial charge in [0.15, 0.2) is 0 Å². The molecule has 0 saturated carbocycles. The third kappa shape index (κ3) is 15.8. The average Bonchev–Trinajstić information content (AvgIpc) is 0.892. The number of ether oxygens (including phenoxy) is 1. The summed E-state index contributed by atoms with van der Waals surface area (Å²) in [6, 6.07) is 37.4. The molecule has 0 bridgehead atoms. The first-order valence-electron chi connectivity index (χ1n) is 37.3. The Balaban J connectivity index is 0.000000135. The standard InChI is InChI=1S/C22H24N4O4.2C20H19N5O4.C18H18N6O4/c1-3-30-22(29)18-19(15-7-4-5-9-17(15)24(2)21(18)28)25-11-13-26(14-12-25)20(27)16-8-6-10-23-16;1-22-16-8-3-2-6-14(16)17(18(20(22)27)25(28)29)23-10-12-24(13-11-23)19(26)15-7-4-5-9-21-15;1-22-16-5-3-2-4-15(16)17(18(20(22)27)25(28)29)23-10-12-24(13-11-23)19(26)14-6-8-21-9-7-14;1-21-14-5-3-2-4-12(14)15(16(18(21)26)24(27)28)22-6-8-23(9-7-22)17(25)13-10-19-11-20-13/h4-5,7-10H,3,6,11-14H2,1-2H3;2*2-9H,10-13H2,1H3;2-5,10-11H,6-9H2,1H3,(H,19,20). The Morgan fingerprint density at radius 2 is 0.802 bits per heavy atom. The van der Waals surface area contributed by atoms with Gasteiger partial charge in [-0.2, -0.15) is 0 Å². The number of aromatic amines is 1. The van der Waals surface area contributed by atoms with Crippen molar-refractivity contribution in [2.45, 2.75) is 13.3 Å². The fraction of sp³-hybridized carbons (Fsp3) is 0.287. The first kappa shape index (κ1) is 79.5. The van der Waals surface area contributed by atoms with Crippen molar-refractivity contribution in [1.29, 1.82) is 0 Å². The zero-order valence-corrected chi connectivity index (χ0v) is 63.9. The van der Waals surface area contributed by atoms with E-state index in [1.54, 1.807) is 162 Å². The van der Waals surface area contributed by atoms with E-state index >= 15 is 0 Å². The third-order valence-electron chi connectivity index (χ3n) is 21.0. The molecule has 12 heterocycles. The molecule has 0 spiro atoms.